The summed E-state index contributed by atoms with van der Waals surface area (Å²) in [6, 6.07) is 1.65. The molecule has 0 aliphatic carbocycles. The van der Waals surface area contributed by atoms with Crippen molar-refractivity contribution in [3.63, 3.8) is 0 Å². The van der Waals surface area contributed by atoms with Crippen LogP contribution in [0, 0.1) is 18.2 Å². The van der Waals surface area contributed by atoms with Crippen molar-refractivity contribution >= 4 is 21.9 Å². The fourth-order valence-corrected chi connectivity index (χ4v) is 2.12. The normalized spacial score (nSPS) is 11.4. The number of rotatable bonds is 4. The summed E-state index contributed by atoms with van der Waals surface area (Å²) in [6.07, 6.45) is 0.110. The second kappa shape index (κ2) is 5.26. The first-order valence-corrected chi connectivity index (χ1v) is 6.25. The molecule has 0 aliphatic heterocycles. The highest BCUT2D eigenvalue weighted by Crippen LogP contribution is 2.35. The summed E-state index contributed by atoms with van der Waals surface area (Å²) in [5.74, 6) is -1.35. The number of benzene rings is 1. The number of ether oxygens (including phenoxy) is 1. The summed E-state index contributed by atoms with van der Waals surface area (Å²) >= 11 is 3.25. The largest absolute Gasteiger partial charge is 0.492 e. The lowest BCUT2D eigenvalue weighted by Gasteiger charge is -2.21. The number of carboxylic acid groups (broad SMARTS) is 1. The molecular formula is C13H16BrFO3. The fraction of sp³-hybridized carbons (Fsp3) is 0.462. The molecule has 0 atom stereocenters. The molecule has 1 rings (SSSR count). The molecule has 0 aromatic heterocycles. The number of methoxy groups -OCH3 is 1. The zero-order valence-electron chi connectivity index (χ0n) is 10.8. The van der Waals surface area contributed by atoms with Gasteiger partial charge in [0.1, 0.15) is 0 Å². The van der Waals surface area contributed by atoms with Crippen molar-refractivity contribution < 1.29 is 19.0 Å². The number of hydrogen-bond donors (Lipinski definition) is 1. The monoisotopic (exact) mass is 318 g/mol. The van der Waals surface area contributed by atoms with E-state index < -0.39 is 17.2 Å². The number of carbonyl (C=O) groups is 1. The summed E-state index contributed by atoms with van der Waals surface area (Å²) < 4.78 is 19.7. The van der Waals surface area contributed by atoms with Crippen molar-refractivity contribution in [2.45, 2.75) is 27.2 Å². The van der Waals surface area contributed by atoms with Crippen LogP contribution in [0.2, 0.25) is 0 Å². The molecule has 100 valence electrons. The molecule has 0 radical (unpaired) electrons. The van der Waals surface area contributed by atoms with E-state index in [9.17, 15) is 9.18 Å². The van der Waals surface area contributed by atoms with Gasteiger partial charge >= 0.3 is 5.97 Å². The van der Waals surface area contributed by atoms with Gasteiger partial charge in [0.25, 0.3) is 0 Å². The predicted molar refractivity (Wildman–Crippen MR) is 70.5 cm³/mol. The topological polar surface area (TPSA) is 46.5 Å². The molecule has 0 unspecified atom stereocenters. The summed E-state index contributed by atoms with van der Waals surface area (Å²) in [5.41, 5.74) is 0.135. The Morgan fingerprint density at radius 2 is 2.11 bits per heavy atom. The van der Waals surface area contributed by atoms with Crippen LogP contribution in [0.15, 0.2) is 10.5 Å². The van der Waals surface area contributed by atoms with Crippen molar-refractivity contribution in [2.24, 2.45) is 5.41 Å². The van der Waals surface area contributed by atoms with Crippen molar-refractivity contribution in [2.75, 3.05) is 7.11 Å². The van der Waals surface area contributed by atoms with Gasteiger partial charge in [-0.2, -0.15) is 0 Å². The summed E-state index contributed by atoms with van der Waals surface area (Å²) in [7, 11) is 1.38. The highest BCUT2D eigenvalue weighted by Gasteiger charge is 2.30. The summed E-state index contributed by atoms with van der Waals surface area (Å²) in [4.78, 5) is 11.1. The van der Waals surface area contributed by atoms with E-state index in [-0.39, 0.29) is 12.2 Å². The fourth-order valence-electron chi connectivity index (χ4n) is 1.67. The predicted octanol–water partition coefficient (Wildman–Crippen LogP) is 3.56. The second-order valence-electron chi connectivity index (χ2n) is 4.88. The van der Waals surface area contributed by atoms with E-state index in [4.69, 9.17) is 9.84 Å². The standard InChI is InChI=1S/C13H16BrFO3/c1-7-5-8(6-13(2,3)12(16)17)10(15)11(18-4)9(7)14/h5H,6H2,1-4H3,(H,16,17). The van der Waals surface area contributed by atoms with Crippen LogP contribution in [0.1, 0.15) is 25.0 Å². The molecule has 1 N–H and O–H groups in total. The maximum atomic E-state index is 14.2. The van der Waals surface area contributed by atoms with Crippen molar-refractivity contribution in [1.29, 1.82) is 0 Å². The molecule has 0 saturated carbocycles. The van der Waals surface area contributed by atoms with E-state index in [1.54, 1.807) is 19.9 Å². The molecule has 1 aromatic carbocycles. The van der Waals surface area contributed by atoms with E-state index in [1.807, 2.05) is 6.92 Å². The number of halogens is 2. The molecule has 0 bridgehead atoms. The molecule has 0 saturated heterocycles. The van der Waals surface area contributed by atoms with Crippen LogP contribution in [0.5, 0.6) is 5.75 Å². The molecule has 0 amide bonds. The van der Waals surface area contributed by atoms with Gasteiger partial charge in [0.05, 0.1) is 17.0 Å². The molecular weight excluding hydrogens is 303 g/mol. The lowest BCUT2D eigenvalue weighted by atomic mass is 9.85. The van der Waals surface area contributed by atoms with Gasteiger partial charge in [0.15, 0.2) is 11.6 Å². The highest BCUT2D eigenvalue weighted by atomic mass is 79.9. The zero-order chi connectivity index (χ0) is 14.1. The minimum atomic E-state index is -1.02. The maximum absolute atomic E-state index is 14.2. The van der Waals surface area contributed by atoms with Crippen molar-refractivity contribution in [3.8, 4) is 5.75 Å². The van der Waals surface area contributed by atoms with Gasteiger partial charge in [0.2, 0.25) is 0 Å². The third-order valence-electron chi connectivity index (χ3n) is 2.83. The van der Waals surface area contributed by atoms with E-state index in [1.165, 1.54) is 7.11 Å². The SMILES string of the molecule is COc1c(F)c(CC(C)(C)C(=O)O)cc(C)c1Br. The Bertz CT molecular complexity index is 484. The first kappa shape index (κ1) is 15.0. The Kier molecular flexibility index (Phi) is 4.37. The van der Waals surface area contributed by atoms with Gasteiger partial charge in [-0.3, -0.25) is 4.79 Å². The van der Waals surface area contributed by atoms with Crippen molar-refractivity contribution in [1.82, 2.24) is 0 Å². The summed E-state index contributed by atoms with van der Waals surface area (Å²) in [5, 5.41) is 9.08. The quantitative estimate of drug-likeness (QED) is 0.923. The Hall–Kier alpha value is -1.10. The minimum Gasteiger partial charge on any atom is -0.492 e. The van der Waals surface area contributed by atoms with E-state index >= 15 is 0 Å². The highest BCUT2D eigenvalue weighted by molar-refractivity contribution is 9.10. The smallest absolute Gasteiger partial charge is 0.309 e. The van der Waals surface area contributed by atoms with Gasteiger partial charge in [-0.05, 0) is 54.2 Å². The van der Waals surface area contributed by atoms with Gasteiger partial charge in [-0.25, -0.2) is 4.39 Å². The van der Waals surface area contributed by atoms with Crippen LogP contribution in [0.25, 0.3) is 0 Å². The van der Waals surface area contributed by atoms with Gasteiger partial charge in [-0.1, -0.05) is 6.07 Å². The Labute approximate surface area is 114 Å². The average Bonchev–Trinajstić information content (AvgIpc) is 2.26. The van der Waals surface area contributed by atoms with E-state index in [2.05, 4.69) is 15.9 Å². The van der Waals surface area contributed by atoms with Crippen LogP contribution in [0.4, 0.5) is 4.39 Å². The first-order chi connectivity index (χ1) is 8.20. The lowest BCUT2D eigenvalue weighted by molar-refractivity contribution is -0.146. The third-order valence-corrected chi connectivity index (χ3v) is 3.82. The van der Waals surface area contributed by atoms with Gasteiger partial charge < -0.3 is 9.84 Å². The zero-order valence-corrected chi connectivity index (χ0v) is 12.4. The Morgan fingerprint density at radius 1 is 1.56 bits per heavy atom. The molecule has 0 aliphatic rings. The molecule has 0 heterocycles. The third kappa shape index (κ3) is 2.83. The van der Waals surface area contributed by atoms with Crippen LogP contribution < -0.4 is 4.74 Å². The van der Waals surface area contributed by atoms with Crippen LogP contribution in [-0.4, -0.2) is 18.2 Å². The molecule has 3 nitrogen and oxygen atoms in total. The van der Waals surface area contributed by atoms with Crippen LogP contribution in [0.3, 0.4) is 0 Å². The van der Waals surface area contributed by atoms with Crippen LogP contribution >= 0.6 is 15.9 Å². The van der Waals surface area contributed by atoms with E-state index in [0.29, 0.717) is 10.0 Å². The van der Waals surface area contributed by atoms with E-state index in [0.717, 1.165) is 5.56 Å². The van der Waals surface area contributed by atoms with Crippen molar-refractivity contribution in [3.05, 3.63) is 27.5 Å². The summed E-state index contributed by atoms with van der Waals surface area (Å²) in [6.45, 7) is 4.95. The van der Waals surface area contributed by atoms with Crippen LogP contribution in [-0.2, 0) is 11.2 Å². The van der Waals surface area contributed by atoms with Gasteiger partial charge in [-0.15, -0.1) is 0 Å². The molecule has 5 heteroatoms. The maximum Gasteiger partial charge on any atom is 0.309 e. The lowest BCUT2D eigenvalue weighted by Crippen LogP contribution is -2.26. The molecule has 0 spiro atoms. The number of carboxylic acids is 1. The Balaban J connectivity index is 3.27. The molecule has 0 fully saturated rings. The Morgan fingerprint density at radius 3 is 2.56 bits per heavy atom. The van der Waals surface area contributed by atoms with Gasteiger partial charge in [0, 0.05) is 0 Å². The first-order valence-electron chi connectivity index (χ1n) is 5.45. The minimum absolute atomic E-state index is 0.110. The average molecular weight is 319 g/mol. The number of aliphatic carboxylic acids is 1. The number of aryl methyl sites for hydroxylation is 1. The second-order valence-corrected chi connectivity index (χ2v) is 5.67. The molecule has 1 aromatic rings. The number of hydrogen-bond acceptors (Lipinski definition) is 2. The molecule has 18 heavy (non-hydrogen) atoms.